The van der Waals surface area contributed by atoms with Crippen LogP contribution in [0.5, 0.6) is 0 Å². The molecule has 1 fully saturated rings. The van der Waals surface area contributed by atoms with Gasteiger partial charge in [-0.2, -0.15) is 4.68 Å². The molecule has 2 aliphatic rings. The molecule has 2 aliphatic heterocycles. The maximum absolute atomic E-state index is 14.5. The molecule has 1 aromatic rings. The number of amides is 1. The molecule has 28 heavy (non-hydrogen) atoms. The fourth-order valence-electron chi connectivity index (χ4n) is 2.87. The Morgan fingerprint density at radius 2 is 2.25 bits per heavy atom. The molecule has 14 heteroatoms. The second-order valence-electron chi connectivity index (χ2n) is 6.69. The van der Waals surface area contributed by atoms with Crippen molar-refractivity contribution < 1.29 is 33.0 Å². The van der Waals surface area contributed by atoms with Crippen molar-refractivity contribution in [2.75, 3.05) is 11.9 Å². The van der Waals surface area contributed by atoms with E-state index in [1.807, 2.05) is 0 Å². The van der Waals surface area contributed by atoms with E-state index in [2.05, 4.69) is 25.9 Å². The first-order chi connectivity index (χ1) is 13.2. The Morgan fingerprint density at radius 1 is 1.54 bits per heavy atom. The second-order valence-corrected chi connectivity index (χ2v) is 7.38. The van der Waals surface area contributed by atoms with Gasteiger partial charge in [-0.05, 0) is 6.92 Å². The van der Waals surface area contributed by atoms with Gasteiger partial charge >= 0.3 is 8.25 Å². The molecule has 1 saturated heterocycles. The molecule has 0 bridgehead atoms. The smallest absolute Gasteiger partial charge is 0.394 e. The molecule has 0 aliphatic carbocycles. The molecule has 154 valence electrons. The van der Waals surface area contributed by atoms with Crippen LogP contribution in [0.1, 0.15) is 38.7 Å². The molecular weight excluding hydrogens is 398 g/mol. The molecule has 0 radical (unpaired) electrons. The van der Waals surface area contributed by atoms with Crippen molar-refractivity contribution in [1.29, 1.82) is 0 Å². The van der Waals surface area contributed by atoms with Crippen molar-refractivity contribution in [2.24, 2.45) is 10.9 Å². The van der Waals surface area contributed by atoms with Gasteiger partial charge in [-0.3, -0.25) is 10.1 Å². The van der Waals surface area contributed by atoms with E-state index in [0.29, 0.717) is 5.69 Å². The zero-order chi connectivity index (χ0) is 20.6. The number of aromatic nitrogens is 3. The Morgan fingerprint density at radius 3 is 2.86 bits per heavy atom. The van der Waals surface area contributed by atoms with Crippen molar-refractivity contribution >= 4 is 25.9 Å². The zero-order valence-corrected chi connectivity index (χ0v) is 16.2. The Kier molecular flexibility index (Phi) is 6.01. The number of carbonyl (C=O) groups is 1. The lowest BCUT2D eigenvalue weighted by atomic mass is 10.1. The van der Waals surface area contributed by atoms with Crippen molar-refractivity contribution in [3.63, 3.8) is 0 Å². The highest BCUT2D eigenvalue weighted by atomic mass is 31.1. The molecule has 1 aromatic heterocycles. The fraction of sp³-hybridized carbons (Fsp3) is 0.714. The van der Waals surface area contributed by atoms with Crippen LogP contribution in [0.2, 0.25) is 0 Å². The monoisotopic (exact) mass is 419 g/mol. The standard InChI is InChI=1S/C14H20FN6O6P/c1-5(2)12(23)18-14-16-6(3)9-11(17-14)21(20-19-9)13-10(27-28(24)25)8(15)7(4-22)26-13/h5-8,10,13,22H,4H2,1-3H3,(H2-,16,17,18,20,23,24,25)/p+1/t6?,7-,8-,10-,13-/m1/s1. The van der Waals surface area contributed by atoms with Gasteiger partial charge in [0.15, 0.2) is 24.3 Å². The number of alkyl halides is 1. The summed E-state index contributed by atoms with van der Waals surface area (Å²) in [5, 5.41) is 22.7. The second kappa shape index (κ2) is 8.13. The summed E-state index contributed by atoms with van der Waals surface area (Å²) in [7, 11) is -3.13. The number of anilines is 1. The van der Waals surface area contributed by atoms with Gasteiger partial charge in [-0.1, -0.05) is 19.1 Å². The van der Waals surface area contributed by atoms with E-state index >= 15 is 0 Å². The van der Waals surface area contributed by atoms with Crippen LogP contribution in [0.3, 0.4) is 0 Å². The molecule has 6 atom stereocenters. The SMILES string of the molecule is CC(C)C(=O)NC1=NC(C)c2nnn([C@@H]3O[C@H](CO)[C@@H](F)[C@H]3O[P+](=O)O)c2N1. The number of aliphatic hydroxyl groups excluding tert-OH is 1. The van der Waals surface area contributed by atoms with Crippen LogP contribution in [0.4, 0.5) is 10.2 Å². The number of carbonyl (C=O) groups excluding carboxylic acids is 1. The minimum atomic E-state index is -3.13. The van der Waals surface area contributed by atoms with Crippen LogP contribution in [0, 0.1) is 5.92 Å². The average Bonchev–Trinajstić information content (AvgIpc) is 3.16. The van der Waals surface area contributed by atoms with Crippen molar-refractivity contribution in [3.05, 3.63) is 5.69 Å². The number of nitrogens with zero attached hydrogens (tertiary/aromatic N) is 4. The summed E-state index contributed by atoms with van der Waals surface area (Å²) in [6.07, 6.45) is -5.90. The third kappa shape index (κ3) is 3.89. The number of rotatable bonds is 5. The minimum absolute atomic E-state index is 0.154. The van der Waals surface area contributed by atoms with Gasteiger partial charge in [0.25, 0.3) is 0 Å². The van der Waals surface area contributed by atoms with Crippen LogP contribution < -0.4 is 10.6 Å². The number of halogens is 1. The minimum Gasteiger partial charge on any atom is -0.394 e. The lowest BCUT2D eigenvalue weighted by Gasteiger charge is -2.23. The third-order valence-corrected chi connectivity index (χ3v) is 4.76. The van der Waals surface area contributed by atoms with E-state index in [-0.39, 0.29) is 23.6 Å². The van der Waals surface area contributed by atoms with Crippen LogP contribution in [-0.4, -0.2) is 61.8 Å². The maximum atomic E-state index is 14.5. The molecular formula is C14H21FN6O6P+. The van der Waals surface area contributed by atoms with E-state index in [4.69, 9.17) is 14.2 Å². The summed E-state index contributed by atoms with van der Waals surface area (Å²) in [4.78, 5) is 25.3. The van der Waals surface area contributed by atoms with Gasteiger partial charge in [-0.15, -0.1) is 14.5 Å². The van der Waals surface area contributed by atoms with Crippen molar-refractivity contribution in [2.45, 2.75) is 51.4 Å². The fourth-order valence-corrected chi connectivity index (χ4v) is 3.29. The number of hydrogen-bond donors (Lipinski definition) is 4. The lowest BCUT2D eigenvalue weighted by Crippen LogP contribution is -2.41. The topological polar surface area (TPSA) is 160 Å². The van der Waals surface area contributed by atoms with Gasteiger partial charge < -0.3 is 15.2 Å². The van der Waals surface area contributed by atoms with Crippen LogP contribution in [0.15, 0.2) is 4.99 Å². The highest BCUT2D eigenvalue weighted by Gasteiger charge is 2.52. The quantitative estimate of drug-likeness (QED) is 0.487. The van der Waals surface area contributed by atoms with Crippen LogP contribution >= 0.6 is 8.25 Å². The van der Waals surface area contributed by atoms with E-state index < -0.39 is 45.5 Å². The first-order valence-electron chi connectivity index (χ1n) is 8.57. The summed E-state index contributed by atoms with van der Waals surface area (Å²) < 4.78 is 36.9. The van der Waals surface area contributed by atoms with Gasteiger partial charge in [0.2, 0.25) is 11.9 Å². The van der Waals surface area contributed by atoms with E-state index in [9.17, 15) is 18.9 Å². The molecule has 4 N–H and O–H groups in total. The molecule has 0 aromatic carbocycles. The lowest BCUT2D eigenvalue weighted by molar-refractivity contribution is -0.122. The van der Waals surface area contributed by atoms with Crippen LogP contribution in [0.25, 0.3) is 0 Å². The largest absolute Gasteiger partial charge is 0.695 e. The number of aliphatic imine (C=N–C) groups is 1. The van der Waals surface area contributed by atoms with Gasteiger partial charge in [-0.25, -0.2) is 9.38 Å². The van der Waals surface area contributed by atoms with Crippen LogP contribution in [-0.2, 0) is 18.6 Å². The molecule has 12 nitrogen and oxygen atoms in total. The molecule has 3 rings (SSSR count). The first-order valence-corrected chi connectivity index (χ1v) is 9.70. The average molecular weight is 419 g/mol. The number of nitrogens with one attached hydrogen (secondary N) is 2. The summed E-state index contributed by atoms with van der Waals surface area (Å²) in [6, 6.07) is -0.475. The Hall–Kier alpha value is -2.05. The summed E-state index contributed by atoms with van der Waals surface area (Å²) in [6.45, 7) is 4.51. The Labute approximate surface area is 160 Å². The van der Waals surface area contributed by atoms with E-state index in [0.717, 1.165) is 4.68 Å². The maximum Gasteiger partial charge on any atom is 0.695 e. The van der Waals surface area contributed by atoms with E-state index in [1.54, 1.807) is 20.8 Å². The Bertz CT molecular complexity index is 803. The number of ether oxygens (including phenoxy) is 1. The van der Waals surface area contributed by atoms with E-state index in [1.165, 1.54) is 0 Å². The normalized spacial score (nSPS) is 29.9. The molecule has 0 saturated carbocycles. The molecule has 0 spiro atoms. The summed E-state index contributed by atoms with van der Waals surface area (Å²) in [5.41, 5.74) is 0.404. The first kappa shape index (κ1) is 20.7. The highest BCUT2D eigenvalue weighted by Crippen LogP contribution is 2.40. The van der Waals surface area contributed by atoms with Crippen molar-refractivity contribution in [3.8, 4) is 0 Å². The van der Waals surface area contributed by atoms with Crippen molar-refractivity contribution in [1.82, 2.24) is 20.3 Å². The predicted octanol–water partition coefficient (Wildman–Crippen LogP) is 0.155. The predicted molar refractivity (Wildman–Crippen MR) is 93.1 cm³/mol. The number of fused-ring (bicyclic) bond motifs is 1. The van der Waals surface area contributed by atoms with Gasteiger partial charge in [0, 0.05) is 10.5 Å². The summed E-state index contributed by atoms with van der Waals surface area (Å²) in [5.74, 6) is -0.125. The van der Waals surface area contributed by atoms with Gasteiger partial charge in [0.1, 0.15) is 11.8 Å². The van der Waals surface area contributed by atoms with Gasteiger partial charge in [0.05, 0.1) is 12.6 Å². The molecule has 2 unspecified atom stereocenters. The highest BCUT2D eigenvalue weighted by molar-refractivity contribution is 7.32. The molecule has 3 heterocycles. The zero-order valence-electron chi connectivity index (χ0n) is 15.3. The summed E-state index contributed by atoms with van der Waals surface area (Å²) >= 11 is 0. The third-order valence-electron chi connectivity index (χ3n) is 4.34. The number of hydrogen-bond acceptors (Lipinski definition) is 9. The Balaban J connectivity index is 1.90. The molecule has 1 amide bonds. The number of guanidine groups is 1. The number of aliphatic hydroxyl groups is 1.